The number of hydrogen-bond acceptors (Lipinski definition) is 5. The molecule has 2 aliphatic rings. The molecule has 1 N–H and O–H groups in total. The Morgan fingerprint density at radius 3 is 2.50 bits per heavy atom. The first kappa shape index (κ1) is 18.3. The van der Waals surface area contributed by atoms with Crippen LogP contribution in [0.1, 0.15) is 34.6 Å². The molecule has 24 heavy (non-hydrogen) atoms. The minimum absolute atomic E-state index is 0.0554. The first-order chi connectivity index (χ1) is 11.1. The number of carbonyl (C=O) groups is 2. The maximum Gasteiger partial charge on any atom is 0.265 e. The molecule has 0 saturated carbocycles. The SMILES string of the molecule is C=CCN1C(=O)/C(=C\C2C(C)=NN(C(C)(C)C)C2C)C(=O)NC1=S. The fourth-order valence-corrected chi connectivity index (χ4v) is 3.29. The van der Waals surface area contributed by atoms with Crippen LogP contribution in [0.25, 0.3) is 0 Å². The summed E-state index contributed by atoms with van der Waals surface area (Å²) in [6.07, 6.45) is 3.29. The van der Waals surface area contributed by atoms with Crippen molar-refractivity contribution in [1.29, 1.82) is 0 Å². The van der Waals surface area contributed by atoms with Crippen LogP contribution in [-0.2, 0) is 9.59 Å². The highest BCUT2D eigenvalue weighted by Crippen LogP contribution is 2.31. The maximum absolute atomic E-state index is 12.6. The molecule has 7 heteroatoms. The standard InChI is InChI=1S/C17H24N4O2S/c1-7-8-20-15(23)13(14(22)18-16(20)24)9-12-10(2)19-21(11(12)3)17(4,5)6/h7,9,11-12H,1,8H2,2-6H3,(H,18,22,24)/b13-9-. The predicted octanol–water partition coefficient (Wildman–Crippen LogP) is 1.84. The second-order valence-electron chi connectivity index (χ2n) is 7.07. The molecule has 1 fully saturated rings. The van der Waals surface area contributed by atoms with Gasteiger partial charge in [-0.15, -0.1) is 6.58 Å². The summed E-state index contributed by atoms with van der Waals surface area (Å²) in [4.78, 5) is 26.2. The molecule has 2 aliphatic heterocycles. The van der Waals surface area contributed by atoms with Gasteiger partial charge in [0.1, 0.15) is 5.57 Å². The molecule has 0 bridgehead atoms. The van der Waals surface area contributed by atoms with Crippen molar-refractivity contribution in [2.45, 2.75) is 46.2 Å². The molecule has 0 aromatic carbocycles. The summed E-state index contributed by atoms with van der Waals surface area (Å²) < 4.78 is 0. The summed E-state index contributed by atoms with van der Waals surface area (Å²) in [5.74, 6) is -0.955. The van der Waals surface area contributed by atoms with Crippen LogP contribution in [0.2, 0.25) is 0 Å². The van der Waals surface area contributed by atoms with E-state index in [0.717, 1.165) is 5.71 Å². The Labute approximate surface area is 148 Å². The number of carbonyl (C=O) groups excluding carboxylic acids is 2. The van der Waals surface area contributed by atoms with E-state index in [1.807, 2.05) is 18.9 Å². The van der Waals surface area contributed by atoms with Gasteiger partial charge in [0.15, 0.2) is 5.11 Å². The number of nitrogens with zero attached hydrogens (tertiary/aromatic N) is 3. The van der Waals surface area contributed by atoms with E-state index in [-0.39, 0.29) is 34.7 Å². The molecule has 0 radical (unpaired) electrons. The topological polar surface area (TPSA) is 65.0 Å². The number of hydrazone groups is 1. The van der Waals surface area contributed by atoms with E-state index in [1.165, 1.54) is 4.90 Å². The van der Waals surface area contributed by atoms with Crippen molar-refractivity contribution in [2.24, 2.45) is 11.0 Å². The number of rotatable bonds is 3. The van der Waals surface area contributed by atoms with E-state index in [1.54, 1.807) is 12.2 Å². The highest BCUT2D eigenvalue weighted by Gasteiger charge is 2.39. The van der Waals surface area contributed by atoms with Gasteiger partial charge in [0.05, 0.1) is 6.04 Å². The molecule has 2 rings (SSSR count). The third kappa shape index (κ3) is 3.26. The Hall–Kier alpha value is -2.02. The number of thiocarbonyl (C=S) groups is 1. The molecule has 130 valence electrons. The number of amides is 2. The zero-order valence-electron chi connectivity index (χ0n) is 14.8. The molecular formula is C17H24N4O2S. The minimum atomic E-state index is -0.459. The Balaban J connectivity index is 2.34. The van der Waals surface area contributed by atoms with Crippen molar-refractivity contribution in [3.8, 4) is 0 Å². The van der Waals surface area contributed by atoms with E-state index < -0.39 is 11.8 Å². The van der Waals surface area contributed by atoms with E-state index in [0.29, 0.717) is 0 Å². The Morgan fingerprint density at radius 1 is 1.38 bits per heavy atom. The van der Waals surface area contributed by atoms with Gasteiger partial charge in [0, 0.05) is 23.7 Å². The van der Waals surface area contributed by atoms with Crippen LogP contribution in [-0.4, -0.2) is 50.7 Å². The zero-order chi connectivity index (χ0) is 18.2. The Morgan fingerprint density at radius 2 is 2.00 bits per heavy atom. The molecule has 2 heterocycles. The van der Waals surface area contributed by atoms with E-state index >= 15 is 0 Å². The van der Waals surface area contributed by atoms with Crippen LogP contribution in [0.3, 0.4) is 0 Å². The first-order valence-electron chi connectivity index (χ1n) is 7.92. The molecular weight excluding hydrogens is 324 g/mol. The van der Waals surface area contributed by atoms with Crippen LogP contribution in [0.4, 0.5) is 0 Å². The summed E-state index contributed by atoms with van der Waals surface area (Å²) in [6, 6.07) is 0.0554. The van der Waals surface area contributed by atoms with Crippen LogP contribution in [0.15, 0.2) is 29.4 Å². The molecule has 2 amide bonds. The predicted molar refractivity (Wildman–Crippen MR) is 98.4 cm³/mol. The lowest BCUT2D eigenvalue weighted by atomic mass is 9.92. The number of nitrogens with one attached hydrogen (secondary N) is 1. The van der Waals surface area contributed by atoms with Crippen LogP contribution < -0.4 is 5.32 Å². The lowest BCUT2D eigenvalue weighted by Gasteiger charge is -2.35. The molecule has 1 saturated heterocycles. The average molecular weight is 348 g/mol. The third-order valence-corrected chi connectivity index (χ3v) is 4.51. The van der Waals surface area contributed by atoms with Gasteiger partial charge in [-0.05, 0) is 46.8 Å². The van der Waals surface area contributed by atoms with Crippen molar-refractivity contribution in [3.63, 3.8) is 0 Å². The second kappa shape index (κ2) is 6.47. The van der Waals surface area contributed by atoms with Gasteiger partial charge in [-0.25, -0.2) is 0 Å². The van der Waals surface area contributed by atoms with Gasteiger partial charge in [0.2, 0.25) is 0 Å². The van der Waals surface area contributed by atoms with Crippen molar-refractivity contribution in [1.82, 2.24) is 15.2 Å². The van der Waals surface area contributed by atoms with Crippen molar-refractivity contribution < 1.29 is 9.59 Å². The normalized spacial score (nSPS) is 26.8. The molecule has 6 nitrogen and oxygen atoms in total. The zero-order valence-corrected chi connectivity index (χ0v) is 15.6. The largest absolute Gasteiger partial charge is 0.298 e. The highest BCUT2D eigenvalue weighted by atomic mass is 32.1. The second-order valence-corrected chi connectivity index (χ2v) is 7.45. The molecule has 2 unspecified atom stereocenters. The molecule has 0 aliphatic carbocycles. The first-order valence-corrected chi connectivity index (χ1v) is 8.33. The van der Waals surface area contributed by atoms with Gasteiger partial charge < -0.3 is 0 Å². The van der Waals surface area contributed by atoms with Crippen molar-refractivity contribution in [3.05, 3.63) is 24.3 Å². The van der Waals surface area contributed by atoms with Gasteiger partial charge >= 0.3 is 0 Å². The monoisotopic (exact) mass is 348 g/mol. The van der Waals surface area contributed by atoms with Gasteiger partial charge in [-0.2, -0.15) is 5.10 Å². The molecule has 0 aromatic rings. The lowest BCUT2D eigenvalue weighted by Crippen LogP contribution is -2.54. The van der Waals surface area contributed by atoms with Crippen LogP contribution in [0.5, 0.6) is 0 Å². The van der Waals surface area contributed by atoms with Gasteiger partial charge in [-0.3, -0.25) is 24.8 Å². The van der Waals surface area contributed by atoms with Crippen LogP contribution >= 0.6 is 12.2 Å². The Bertz CT molecular complexity index is 660. The van der Waals surface area contributed by atoms with Gasteiger partial charge in [-0.1, -0.05) is 12.2 Å². The van der Waals surface area contributed by atoms with Crippen molar-refractivity contribution in [2.75, 3.05) is 6.54 Å². The van der Waals surface area contributed by atoms with Gasteiger partial charge in [0.25, 0.3) is 11.8 Å². The maximum atomic E-state index is 12.6. The van der Waals surface area contributed by atoms with E-state index in [4.69, 9.17) is 12.2 Å². The summed E-state index contributed by atoms with van der Waals surface area (Å²) in [5, 5.41) is 9.31. The van der Waals surface area contributed by atoms with E-state index in [2.05, 4.69) is 37.8 Å². The summed E-state index contributed by atoms with van der Waals surface area (Å²) in [7, 11) is 0. The smallest absolute Gasteiger partial charge is 0.265 e. The summed E-state index contributed by atoms with van der Waals surface area (Å²) >= 11 is 5.06. The average Bonchev–Trinajstić information content (AvgIpc) is 2.75. The van der Waals surface area contributed by atoms with Crippen molar-refractivity contribution >= 4 is 34.9 Å². The van der Waals surface area contributed by atoms with E-state index in [9.17, 15) is 9.59 Å². The fraction of sp³-hybridized carbons (Fsp3) is 0.529. The minimum Gasteiger partial charge on any atom is -0.298 e. The summed E-state index contributed by atoms with van der Waals surface area (Å²) in [5.41, 5.74) is 0.852. The number of hydrogen-bond donors (Lipinski definition) is 1. The Kier molecular flexibility index (Phi) is 4.94. The highest BCUT2D eigenvalue weighted by molar-refractivity contribution is 7.80. The quantitative estimate of drug-likeness (QED) is 0.366. The lowest BCUT2D eigenvalue weighted by molar-refractivity contribution is -0.128. The summed E-state index contributed by atoms with van der Waals surface area (Å²) in [6.45, 7) is 14.1. The molecule has 2 atom stereocenters. The van der Waals surface area contributed by atoms with Crippen LogP contribution in [0, 0.1) is 5.92 Å². The fourth-order valence-electron chi connectivity index (χ4n) is 3.04. The molecule has 0 aromatic heterocycles. The third-order valence-electron chi connectivity index (χ3n) is 4.18. The molecule has 0 spiro atoms.